The SMILES string of the molecule is COCc1c(C(=O)O)nnn1Cc1ccc(F)cc1Cl. The van der Waals surface area contributed by atoms with Crippen molar-refractivity contribution in [2.75, 3.05) is 7.11 Å². The number of aromatic carboxylic acids is 1. The van der Waals surface area contributed by atoms with Gasteiger partial charge in [-0.2, -0.15) is 0 Å². The van der Waals surface area contributed by atoms with Crippen LogP contribution in [0, 0.1) is 5.82 Å². The van der Waals surface area contributed by atoms with Gasteiger partial charge in [0.15, 0.2) is 5.69 Å². The van der Waals surface area contributed by atoms with Crippen molar-refractivity contribution < 1.29 is 19.0 Å². The number of carbonyl (C=O) groups is 1. The molecular formula is C12H11ClFN3O3. The van der Waals surface area contributed by atoms with E-state index >= 15 is 0 Å². The lowest BCUT2D eigenvalue weighted by atomic mass is 10.2. The molecule has 1 heterocycles. The highest BCUT2D eigenvalue weighted by atomic mass is 35.5. The summed E-state index contributed by atoms with van der Waals surface area (Å²) in [6.07, 6.45) is 0. The first kappa shape index (κ1) is 14.4. The molecule has 20 heavy (non-hydrogen) atoms. The summed E-state index contributed by atoms with van der Waals surface area (Å²) in [7, 11) is 1.44. The molecule has 0 saturated heterocycles. The van der Waals surface area contributed by atoms with Crippen LogP contribution in [0.25, 0.3) is 0 Å². The molecule has 8 heteroatoms. The summed E-state index contributed by atoms with van der Waals surface area (Å²) in [4.78, 5) is 11.0. The Labute approximate surface area is 118 Å². The van der Waals surface area contributed by atoms with Crippen LogP contribution in [0.1, 0.15) is 21.7 Å². The number of hydrogen-bond donors (Lipinski definition) is 1. The molecule has 0 atom stereocenters. The minimum Gasteiger partial charge on any atom is -0.476 e. The summed E-state index contributed by atoms with van der Waals surface area (Å²) in [5.41, 5.74) is 0.748. The number of rotatable bonds is 5. The zero-order valence-electron chi connectivity index (χ0n) is 10.5. The van der Waals surface area contributed by atoms with Crippen molar-refractivity contribution in [3.05, 3.63) is 46.0 Å². The lowest BCUT2D eigenvalue weighted by Crippen LogP contribution is -2.10. The molecule has 0 fully saturated rings. The Balaban J connectivity index is 2.35. The molecule has 0 aliphatic heterocycles. The van der Waals surface area contributed by atoms with E-state index in [2.05, 4.69) is 10.3 Å². The van der Waals surface area contributed by atoms with Gasteiger partial charge < -0.3 is 9.84 Å². The fourth-order valence-electron chi connectivity index (χ4n) is 1.72. The topological polar surface area (TPSA) is 77.2 Å². The molecule has 0 radical (unpaired) electrons. The van der Waals surface area contributed by atoms with Gasteiger partial charge in [0.25, 0.3) is 0 Å². The zero-order chi connectivity index (χ0) is 14.7. The summed E-state index contributed by atoms with van der Waals surface area (Å²) in [6, 6.07) is 3.96. The molecule has 2 aromatic rings. The van der Waals surface area contributed by atoms with Gasteiger partial charge in [-0.05, 0) is 17.7 Å². The first-order valence-electron chi connectivity index (χ1n) is 5.61. The Morgan fingerprint density at radius 3 is 2.90 bits per heavy atom. The van der Waals surface area contributed by atoms with Gasteiger partial charge in [0.2, 0.25) is 0 Å². The third-order valence-corrected chi connectivity index (χ3v) is 3.01. The van der Waals surface area contributed by atoms with Crippen LogP contribution in [-0.2, 0) is 17.9 Å². The third kappa shape index (κ3) is 2.94. The van der Waals surface area contributed by atoms with Crippen molar-refractivity contribution in [1.29, 1.82) is 0 Å². The minimum atomic E-state index is -1.19. The number of nitrogens with zero attached hydrogens (tertiary/aromatic N) is 3. The fraction of sp³-hybridized carbons (Fsp3) is 0.250. The van der Waals surface area contributed by atoms with E-state index in [1.54, 1.807) is 0 Å². The molecule has 6 nitrogen and oxygen atoms in total. The standard InChI is InChI=1S/C12H11ClFN3O3/c1-20-6-10-11(12(18)19)15-16-17(10)5-7-2-3-8(14)4-9(7)13/h2-4H,5-6H2,1H3,(H,18,19). The van der Waals surface area contributed by atoms with Crippen molar-refractivity contribution in [1.82, 2.24) is 15.0 Å². The smallest absolute Gasteiger partial charge is 0.358 e. The Morgan fingerprint density at radius 2 is 2.30 bits per heavy atom. The monoisotopic (exact) mass is 299 g/mol. The van der Waals surface area contributed by atoms with E-state index in [0.717, 1.165) is 0 Å². The van der Waals surface area contributed by atoms with Gasteiger partial charge in [-0.1, -0.05) is 22.9 Å². The quantitative estimate of drug-likeness (QED) is 0.913. The molecule has 1 N–H and O–H groups in total. The van der Waals surface area contributed by atoms with Crippen molar-refractivity contribution in [2.45, 2.75) is 13.2 Å². The van der Waals surface area contributed by atoms with Gasteiger partial charge in [-0.3, -0.25) is 0 Å². The molecule has 0 bridgehead atoms. The fourth-order valence-corrected chi connectivity index (χ4v) is 1.94. The number of methoxy groups -OCH3 is 1. The maximum atomic E-state index is 13.0. The van der Waals surface area contributed by atoms with Gasteiger partial charge >= 0.3 is 5.97 Å². The predicted octanol–water partition coefficient (Wildman–Crippen LogP) is 1.96. The van der Waals surface area contributed by atoms with Gasteiger partial charge in [-0.15, -0.1) is 5.10 Å². The molecule has 0 aliphatic carbocycles. The number of carboxylic acid groups (broad SMARTS) is 1. The molecule has 0 aliphatic rings. The summed E-state index contributed by atoms with van der Waals surface area (Å²) < 4.78 is 19.3. The Bertz CT molecular complexity index is 645. The highest BCUT2D eigenvalue weighted by molar-refractivity contribution is 6.31. The van der Waals surface area contributed by atoms with Crippen LogP contribution in [0.15, 0.2) is 18.2 Å². The number of carboxylic acids is 1. The Hall–Kier alpha value is -1.99. The lowest BCUT2D eigenvalue weighted by Gasteiger charge is -2.08. The van der Waals surface area contributed by atoms with E-state index in [9.17, 15) is 9.18 Å². The molecule has 1 aromatic carbocycles. The molecule has 0 amide bonds. The van der Waals surface area contributed by atoms with Crippen LogP contribution in [0.4, 0.5) is 4.39 Å². The molecule has 1 aromatic heterocycles. The van der Waals surface area contributed by atoms with Crippen LogP contribution in [-0.4, -0.2) is 33.2 Å². The highest BCUT2D eigenvalue weighted by Crippen LogP contribution is 2.19. The van der Waals surface area contributed by atoms with Gasteiger partial charge in [-0.25, -0.2) is 13.9 Å². The lowest BCUT2D eigenvalue weighted by molar-refractivity contribution is 0.0684. The predicted molar refractivity (Wildman–Crippen MR) is 68.2 cm³/mol. The average molecular weight is 300 g/mol. The van der Waals surface area contributed by atoms with Crippen molar-refractivity contribution >= 4 is 17.6 Å². The van der Waals surface area contributed by atoms with E-state index in [1.165, 1.54) is 30.0 Å². The Morgan fingerprint density at radius 1 is 1.55 bits per heavy atom. The van der Waals surface area contributed by atoms with E-state index in [1.807, 2.05) is 0 Å². The van der Waals surface area contributed by atoms with Crippen molar-refractivity contribution in [2.24, 2.45) is 0 Å². The molecule has 0 unspecified atom stereocenters. The van der Waals surface area contributed by atoms with E-state index in [-0.39, 0.29) is 23.9 Å². The van der Waals surface area contributed by atoms with Gasteiger partial charge in [0.1, 0.15) is 5.82 Å². The first-order valence-corrected chi connectivity index (χ1v) is 5.99. The maximum absolute atomic E-state index is 13.0. The van der Waals surface area contributed by atoms with Crippen LogP contribution < -0.4 is 0 Å². The minimum absolute atomic E-state index is 0.0491. The van der Waals surface area contributed by atoms with Crippen molar-refractivity contribution in [3.63, 3.8) is 0 Å². The maximum Gasteiger partial charge on any atom is 0.358 e. The molecule has 0 spiro atoms. The van der Waals surface area contributed by atoms with Crippen LogP contribution >= 0.6 is 11.6 Å². The number of ether oxygens (including phenoxy) is 1. The largest absolute Gasteiger partial charge is 0.476 e. The average Bonchev–Trinajstić information content (AvgIpc) is 2.77. The molecule has 106 valence electrons. The molecule has 2 rings (SSSR count). The number of aromatic nitrogens is 3. The number of halogens is 2. The second-order valence-electron chi connectivity index (χ2n) is 4.02. The molecular weight excluding hydrogens is 289 g/mol. The highest BCUT2D eigenvalue weighted by Gasteiger charge is 2.19. The first-order chi connectivity index (χ1) is 9.52. The second kappa shape index (κ2) is 5.98. The van der Waals surface area contributed by atoms with Crippen LogP contribution in [0.2, 0.25) is 5.02 Å². The van der Waals surface area contributed by atoms with Crippen LogP contribution in [0.3, 0.4) is 0 Å². The zero-order valence-corrected chi connectivity index (χ0v) is 11.3. The van der Waals surface area contributed by atoms with E-state index in [0.29, 0.717) is 11.3 Å². The summed E-state index contributed by atoms with van der Waals surface area (Å²) in [5.74, 6) is -1.63. The molecule has 0 saturated carbocycles. The van der Waals surface area contributed by atoms with E-state index < -0.39 is 11.8 Å². The number of hydrogen-bond acceptors (Lipinski definition) is 4. The third-order valence-electron chi connectivity index (χ3n) is 2.66. The van der Waals surface area contributed by atoms with Gasteiger partial charge in [0, 0.05) is 12.1 Å². The van der Waals surface area contributed by atoms with Crippen molar-refractivity contribution in [3.8, 4) is 0 Å². The second-order valence-corrected chi connectivity index (χ2v) is 4.42. The van der Waals surface area contributed by atoms with Crippen LogP contribution in [0.5, 0.6) is 0 Å². The Kier molecular flexibility index (Phi) is 4.31. The van der Waals surface area contributed by atoms with E-state index in [4.69, 9.17) is 21.4 Å². The summed E-state index contributed by atoms with van der Waals surface area (Å²) in [6.45, 7) is 0.228. The number of benzene rings is 1. The summed E-state index contributed by atoms with van der Waals surface area (Å²) >= 11 is 5.93. The normalized spacial score (nSPS) is 10.8. The summed E-state index contributed by atoms with van der Waals surface area (Å²) in [5, 5.41) is 16.6. The van der Waals surface area contributed by atoms with Gasteiger partial charge in [0.05, 0.1) is 18.8 Å².